The van der Waals surface area contributed by atoms with Gasteiger partial charge in [0, 0.05) is 0 Å². The first kappa shape index (κ1) is 7.76. The molecule has 0 radical (unpaired) electrons. The van der Waals surface area contributed by atoms with E-state index in [1.54, 1.807) is 0 Å². The van der Waals surface area contributed by atoms with E-state index in [1.807, 2.05) is 6.08 Å². The van der Waals surface area contributed by atoms with Crippen LogP contribution in [0.5, 0.6) is 0 Å². The molecule has 1 fully saturated rings. The minimum atomic E-state index is -0.150. The number of aliphatic hydroxyl groups excluding tert-OH is 1. The molecule has 10 heavy (non-hydrogen) atoms. The van der Waals surface area contributed by atoms with Crippen LogP contribution in [0, 0.1) is 0 Å². The van der Waals surface area contributed by atoms with Crippen LogP contribution in [-0.2, 0) is 4.74 Å². The van der Waals surface area contributed by atoms with Crippen LogP contribution in [0.25, 0.3) is 0 Å². The molecule has 0 amide bonds. The van der Waals surface area contributed by atoms with Crippen molar-refractivity contribution in [1.82, 2.24) is 0 Å². The summed E-state index contributed by atoms with van der Waals surface area (Å²) in [5, 5.41) is 8.81. The van der Waals surface area contributed by atoms with Crippen LogP contribution in [0.2, 0.25) is 0 Å². The molecule has 1 rings (SSSR count). The fourth-order valence-electron chi connectivity index (χ4n) is 0.985. The molecule has 0 unspecified atom stereocenters. The van der Waals surface area contributed by atoms with Gasteiger partial charge < -0.3 is 9.84 Å². The van der Waals surface area contributed by atoms with Gasteiger partial charge in [-0.25, -0.2) is 0 Å². The molecule has 2 nitrogen and oxygen atoms in total. The molecule has 0 aromatic rings. The van der Waals surface area contributed by atoms with Gasteiger partial charge in [0.1, 0.15) is 5.60 Å². The van der Waals surface area contributed by atoms with Gasteiger partial charge in [-0.2, -0.15) is 0 Å². The minimum Gasteiger partial charge on any atom is -0.393 e. The third-order valence-corrected chi connectivity index (χ3v) is 1.88. The normalized spacial score (nSPS) is 30.1. The van der Waals surface area contributed by atoms with Crippen molar-refractivity contribution in [3.8, 4) is 0 Å². The van der Waals surface area contributed by atoms with Gasteiger partial charge in [-0.15, -0.1) is 6.58 Å². The minimum absolute atomic E-state index is 0.150. The van der Waals surface area contributed by atoms with Gasteiger partial charge in [0.15, 0.2) is 0 Å². The van der Waals surface area contributed by atoms with Gasteiger partial charge in [0.2, 0.25) is 0 Å². The summed E-state index contributed by atoms with van der Waals surface area (Å²) in [6.45, 7) is 4.53. The number of allylic oxidation sites excluding steroid dienone is 1. The van der Waals surface area contributed by atoms with Crippen molar-refractivity contribution in [2.45, 2.75) is 24.9 Å². The summed E-state index contributed by atoms with van der Waals surface area (Å²) >= 11 is 0. The quantitative estimate of drug-likeness (QED) is 0.354. The van der Waals surface area contributed by atoms with Crippen molar-refractivity contribution in [3.05, 3.63) is 12.7 Å². The van der Waals surface area contributed by atoms with Crippen molar-refractivity contribution in [3.63, 3.8) is 0 Å². The largest absolute Gasteiger partial charge is 0.393 e. The van der Waals surface area contributed by atoms with E-state index in [1.165, 1.54) is 0 Å². The van der Waals surface area contributed by atoms with E-state index in [0.29, 0.717) is 0 Å². The average Bonchev–Trinajstić information content (AvgIpc) is 2.70. The summed E-state index contributed by atoms with van der Waals surface area (Å²) in [6, 6.07) is 0. The predicted molar refractivity (Wildman–Crippen MR) is 39.8 cm³/mol. The molecule has 1 N–H and O–H groups in total. The van der Waals surface area contributed by atoms with E-state index in [-0.39, 0.29) is 12.2 Å². The van der Waals surface area contributed by atoms with Crippen molar-refractivity contribution in [2.24, 2.45) is 0 Å². The Morgan fingerprint density at radius 2 is 2.40 bits per heavy atom. The number of aliphatic hydroxyl groups is 1. The monoisotopic (exact) mass is 142 g/mol. The summed E-state index contributed by atoms with van der Waals surface area (Å²) in [6.07, 6.45) is 4.96. The van der Waals surface area contributed by atoms with Crippen LogP contribution in [0.15, 0.2) is 12.7 Å². The second-order valence-corrected chi connectivity index (χ2v) is 2.81. The Balaban J connectivity index is 2.06. The van der Waals surface area contributed by atoms with Crippen LogP contribution >= 0.6 is 0 Å². The van der Waals surface area contributed by atoms with Crippen LogP contribution in [0.4, 0.5) is 0 Å². The summed E-state index contributed by atoms with van der Waals surface area (Å²) in [4.78, 5) is 0. The van der Waals surface area contributed by atoms with Gasteiger partial charge >= 0.3 is 0 Å². The molecule has 0 aliphatic carbocycles. The second-order valence-electron chi connectivity index (χ2n) is 2.81. The van der Waals surface area contributed by atoms with Crippen molar-refractivity contribution in [2.75, 3.05) is 13.2 Å². The zero-order chi connectivity index (χ0) is 7.45. The fourth-order valence-corrected chi connectivity index (χ4v) is 0.985. The Morgan fingerprint density at radius 3 is 2.80 bits per heavy atom. The van der Waals surface area contributed by atoms with E-state index in [9.17, 15) is 0 Å². The Bertz CT molecular complexity index is 116. The van der Waals surface area contributed by atoms with Gasteiger partial charge in [-0.05, 0) is 19.3 Å². The SMILES string of the molecule is C=CCCC[C@]1(CO)CO1. The Kier molecular flexibility index (Phi) is 2.46. The maximum Gasteiger partial charge on any atom is 0.115 e. The molecule has 0 saturated carbocycles. The van der Waals surface area contributed by atoms with Gasteiger partial charge in [0.25, 0.3) is 0 Å². The fraction of sp³-hybridized carbons (Fsp3) is 0.750. The third kappa shape index (κ3) is 1.82. The first-order valence-corrected chi connectivity index (χ1v) is 3.69. The summed E-state index contributed by atoms with van der Waals surface area (Å²) in [5.74, 6) is 0. The summed E-state index contributed by atoms with van der Waals surface area (Å²) < 4.78 is 5.11. The smallest absolute Gasteiger partial charge is 0.115 e. The molecule has 1 saturated heterocycles. The lowest BCUT2D eigenvalue weighted by atomic mass is 10.0. The van der Waals surface area contributed by atoms with Crippen LogP contribution in [-0.4, -0.2) is 23.9 Å². The Hall–Kier alpha value is -0.340. The molecule has 2 heteroatoms. The number of ether oxygens (including phenoxy) is 1. The standard InChI is InChI=1S/C8H14O2/c1-2-3-4-5-8(6-9)7-10-8/h2,9H,1,3-7H2/t8-/m0/s1. The third-order valence-electron chi connectivity index (χ3n) is 1.88. The van der Waals surface area contributed by atoms with E-state index in [4.69, 9.17) is 9.84 Å². The molecule has 58 valence electrons. The first-order chi connectivity index (χ1) is 4.83. The number of rotatable bonds is 5. The lowest BCUT2D eigenvalue weighted by Crippen LogP contribution is -2.15. The Labute approximate surface area is 61.5 Å². The molecule has 1 aliphatic heterocycles. The van der Waals surface area contributed by atoms with Crippen LogP contribution in [0.1, 0.15) is 19.3 Å². The molecule has 0 aromatic heterocycles. The predicted octanol–water partition coefficient (Wildman–Crippen LogP) is 1.10. The first-order valence-electron chi connectivity index (χ1n) is 3.69. The van der Waals surface area contributed by atoms with Gasteiger partial charge in [-0.1, -0.05) is 6.08 Å². The van der Waals surface area contributed by atoms with Crippen LogP contribution in [0.3, 0.4) is 0 Å². The van der Waals surface area contributed by atoms with Gasteiger partial charge in [-0.3, -0.25) is 0 Å². The lowest BCUT2D eigenvalue weighted by Gasteiger charge is -2.04. The zero-order valence-electron chi connectivity index (χ0n) is 6.18. The molecule has 1 aliphatic rings. The maximum atomic E-state index is 8.81. The highest BCUT2D eigenvalue weighted by Gasteiger charge is 2.42. The van der Waals surface area contributed by atoms with Gasteiger partial charge in [0.05, 0.1) is 13.2 Å². The lowest BCUT2D eigenvalue weighted by molar-refractivity contribution is 0.162. The second kappa shape index (κ2) is 3.17. The van der Waals surface area contributed by atoms with Crippen molar-refractivity contribution >= 4 is 0 Å². The molecular weight excluding hydrogens is 128 g/mol. The Morgan fingerprint density at radius 1 is 1.70 bits per heavy atom. The topological polar surface area (TPSA) is 32.8 Å². The highest BCUT2D eigenvalue weighted by atomic mass is 16.6. The van der Waals surface area contributed by atoms with Crippen molar-refractivity contribution < 1.29 is 9.84 Å². The molecule has 0 bridgehead atoms. The maximum absolute atomic E-state index is 8.81. The molecular formula is C8H14O2. The molecule has 1 atom stereocenters. The molecule has 1 heterocycles. The summed E-state index contributed by atoms with van der Waals surface area (Å²) in [7, 11) is 0. The number of unbranched alkanes of at least 4 members (excludes halogenated alkanes) is 1. The molecule has 0 aromatic carbocycles. The van der Waals surface area contributed by atoms with Crippen LogP contribution < -0.4 is 0 Å². The molecule has 0 spiro atoms. The van der Waals surface area contributed by atoms with E-state index < -0.39 is 0 Å². The number of hydrogen-bond acceptors (Lipinski definition) is 2. The highest BCUT2D eigenvalue weighted by molar-refractivity contribution is 4.91. The van der Waals surface area contributed by atoms with E-state index >= 15 is 0 Å². The van der Waals surface area contributed by atoms with E-state index in [0.717, 1.165) is 25.9 Å². The zero-order valence-corrected chi connectivity index (χ0v) is 6.18. The number of epoxide rings is 1. The van der Waals surface area contributed by atoms with Crippen molar-refractivity contribution in [1.29, 1.82) is 0 Å². The number of hydrogen-bond donors (Lipinski definition) is 1. The highest BCUT2D eigenvalue weighted by Crippen LogP contribution is 2.31. The summed E-state index contributed by atoms with van der Waals surface area (Å²) in [5.41, 5.74) is -0.150. The average molecular weight is 142 g/mol. The van der Waals surface area contributed by atoms with E-state index in [2.05, 4.69) is 6.58 Å².